The molecule has 0 atom stereocenters. The van der Waals surface area contributed by atoms with Gasteiger partial charge >= 0.3 is 5.97 Å². The van der Waals surface area contributed by atoms with Gasteiger partial charge < -0.3 is 4.74 Å². The van der Waals surface area contributed by atoms with E-state index in [9.17, 15) is 4.79 Å². The fraction of sp³-hybridized carbons (Fsp3) is 0.750. The Morgan fingerprint density at radius 3 is 2.00 bits per heavy atom. The molecule has 0 unspecified atom stereocenters. The molecule has 0 radical (unpaired) electrons. The predicted molar refractivity (Wildman–Crippen MR) is 31.3 cm³/mol. The first-order valence-electron chi connectivity index (χ1n) is 2.11. The number of hydrogen-bond donors (Lipinski definition) is 0. The normalized spacial score (nSPS) is 6.25. The minimum absolute atomic E-state index is 0.211. The van der Waals surface area contributed by atoms with Crippen LogP contribution in [0, 0.1) is 0 Å². The topological polar surface area (TPSA) is 43.4 Å². The fourth-order valence-corrected chi connectivity index (χ4v) is 0.203. The first-order chi connectivity index (χ1) is 3.77. The highest BCUT2D eigenvalue weighted by molar-refractivity contribution is 7.00. The van der Waals surface area contributed by atoms with E-state index in [1.165, 1.54) is 6.92 Å². The summed E-state index contributed by atoms with van der Waals surface area (Å²) in [5.41, 5.74) is 0. The van der Waals surface area contributed by atoms with E-state index in [4.69, 9.17) is 4.57 Å². The van der Waals surface area contributed by atoms with Crippen LogP contribution in [0.15, 0.2) is 0 Å². The second-order valence-corrected chi connectivity index (χ2v) is 0.925. The summed E-state index contributed by atoms with van der Waals surface area (Å²) in [4.78, 5) is 9.82. The third-order valence-electron chi connectivity index (χ3n) is 0.348. The lowest BCUT2D eigenvalue weighted by atomic mass is 10.8. The van der Waals surface area contributed by atoms with E-state index in [0.717, 1.165) is 0 Å². The summed E-state index contributed by atoms with van der Waals surface area (Å²) in [6.07, 6.45) is 0. The number of carbonyl (C=O) groups is 1. The molecule has 0 aromatic heterocycles. The van der Waals surface area contributed by atoms with Gasteiger partial charge in [-0.3, -0.25) is 9.36 Å². The summed E-state index contributed by atoms with van der Waals surface area (Å²) in [5, 5.41) is 0. The molecule has 0 fully saturated rings. The predicted octanol–water partition coefficient (Wildman–Crippen LogP) is 1.04. The maximum atomic E-state index is 9.82. The van der Waals surface area contributed by atoms with Gasteiger partial charge in [-0.25, -0.2) is 0 Å². The highest BCUT2D eigenvalue weighted by Crippen LogP contribution is 1.69. The number of esters is 1. The van der Waals surface area contributed by atoms with Crippen molar-refractivity contribution in [1.29, 1.82) is 0 Å². The van der Waals surface area contributed by atoms with Gasteiger partial charge in [-0.2, -0.15) is 0 Å². The third kappa shape index (κ3) is 17.6. The highest BCUT2D eigenvalue weighted by Gasteiger charge is 1.81. The van der Waals surface area contributed by atoms with Crippen molar-refractivity contribution in [3.05, 3.63) is 0 Å². The summed E-state index contributed by atoms with van der Waals surface area (Å²) < 4.78 is 12.5. The minimum atomic E-state index is -0.211. The zero-order chi connectivity index (χ0) is 6.99. The summed E-state index contributed by atoms with van der Waals surface area (Å²) in [7, 11) is 1.72. The third-order valence-corrected chi connectivity index (χ3v) is 0.348. The van der Waals surface area contributed by atoms with Crippen molar-refractivity contribution in [2.45, 2.75) is 13.8 Å². The Balaban J connectivity index is 0. The van der Waals surface area contributed by atoms with E-state index in [0.29, 0.717) is 6.61 Å². The van der Waals surface area contributed by atoms with Crippen LogP contribution in [0.25, 0.3) is 0 Å². The molecule has 0 heterocycles. The van der Waals surface area contributed by atoms with E-state index < -0.39 is 0 Å². The van der Waals surface area contributed by atoms with Crippen LogP contribution < -0.4 is 0 Å². The van der Waals surface area contributed by atoms with Gasteiger partial charge in [0.05, 0.1) is 6.61 Å². The molecule has 0 aromatic rings. The molecular weight excluding hydrogens is 127 g/mol. The Bertz CT molecular complexity index is 64.3. The molecule has 0 aliphatic carbocycles. The van der Waals surface area contributed by atoms with E-state index >= 15 is 0 Å². The van der Waals surface area contributed by atoms with Crippen molar-refractivity contribution in [2.75, 3.05) is 6.61 Å². The maximum absolute atomic E-state index is 9.82. The first kappa shape index (κ1) is 10.5. The molecule has 0 N–H and O–H groups in total. The van der Waals surface area contributed by atoms with Crippen LogP contribution >= 0.6 is 9.12 Å². The van der Waals surface area contributed by atoms with E-state index in [1.807, 2.05) is 0 Å². The molecular formula is C4H9O3P. The molecule has 0 amide bonds. The van der Waals surface area contributed by atoms with Crippen molar-refractivity contribution in [1.82, 2.24) is 0 Å². The Morgan fingerprint density at radius 2 is 2.00 bits per heavy atom. The van der Waals surface area contributed by atoms with Gasteiger partial charge in [0.25, 0.3) is 0 Å². The summed E-state index contributed by atoms with van der Waals surface area (Å²) >= 11 is 0. The number of carbonyl (C=O) groups excluding carboxylic acids is 1. The Kier molecular flexibility index (Phi) is 12.8. The van der Waals surface area contributed by atoms with Crippen LogP contribution in [0.5, 0.6) is 0 Å². The molecule has 0 saturated carbocycles. The molecule has 48 valence electrons. The summed E-state index contributed by atoms with van der Waals surface area (Å²) in [5.74, 6) is -0.211. The van der Waals surface area contributed by atoms with Crippen LogP contribution in [-0.2, 0) is 14.1 Å². The van der Waals surface area contributed by atoms with Gasteiger partial charge in [0.2, 0.25) is 0 Å². The van der Waals surface area contributed by atoms with Crippen LogP contribution in [0.3, 0.4) is 0 Å². The molecule has 4 heteroatoms. The SMILES string of the molecule is CCOC(C)=O.O=P. The van der Waals surface area contributed by atoms with Gasteiger partial charge in [-0.05, 0) is 6.92 Å². The van der Waals surface area contributed by atoms with Crippen molar-refractivity contribution in [2.24, 2.45) is 0 Å². The van der Waals surface area contributed by atoms with Gasteiger partial charge in [0, 0.05) is 6.92 Å². The number of rotatable bonds is 1. The van der Waals surface area contributed by atoms with Crippen LogP contribution in [0.4, 0.5) is 0 Å². The lowest BCUT2D eigenvalue weighted by Crippen LogP contribution is -1.95. The maximum Gasteiger partial charge on any atom is 0.302 e. The van der Waals surface area contributed by atoms with Crippen LogP contribution in [0.1, 0.15) is 13.8 Å². The van der Waals surface area contributed by atoms with Gasteiger partial charge in [-0.1, -0.05) is 0 Å². The Hall–Kier alpha value is -0.430. The Morgan fingerprint density at radius 1 is 1.62 bits per heavy atom. The summed E-state index contributed by atoms with van der Waals surface area (Å²) in [6, 6.07) is 0. The molecule has 0 aromatic carbocycles. The van der Waals surface area contributed by atoms with Gasteiger partial charge in [0.1, 0.15) is 9.12 Å². The van der Waals surface area contributed by atoms with Crippen molar-refractivity contribution in [3.63, 3.8) is 0 Å². The van der Waals surface area contributed by atoms with Crippen molar-refractivity contribution < 1.29 is 14.1 Å². The molecule has 0 rings (SSSR count). The van der Waals surface area contributed by atoms with E-state index in [2.05, 4.69) is 4.74 Å². The average Bonchev–Trinajstić information content (AvgIpc) is 1.72. The van der Waals surface area contributed by atoms with Crippen LogP contribution in [-0.4, -0.2) is 12.6 Å². The first-order valence-corrected chi connectivity index (χ1v) is 2.52. The molecule has 8 heavy (non-hydrogen) atoms. The fourth-order valence-electron chi connectivity index (χ4n) is 0.203. The summed E-state index contributed by atoms with van der Waals surface area (Å²) in [6.45, 7) is 3.65. The quantitative estimate of drug-likeness (QED) is 0.399. The van der Waals surface area contributed by atoms with Gasteiger partial charge in [-0.15, -0.1) is 0 Å². The van der Waals surface area contributed by atoms with Crippen molar-refractivity contribution >= 4 is 15.1 Å². The number of ether oxygens (including phenoxy) is 1. The van der Waals surface area contributed by atoms with Crippen LogP contribution in [0.2, 0.25) is 0 Å². The highest BCUT2D eigenvalue weighted by atomic mass is 31.0. The molecule has 0 spiro atoms. The molecule has 3 nitrogen and oxygen atoms in total. The molecule has 0 saturated heterocycles. The number of hydrogen-bond acceptors (Lipinski definition) is 3. The average molecular weight is 136 g/mol. The lowest BCUT2D eigenvalue weighted by molar-refractivity contribution is -0.140. The monoisotopic (exact) mass is 136 g/mol. The zero-order valence-corrected chi connectivity index (χ0v) is 5.93. The standard InChI is InChI=1S/C4H8O2.HOP/c1-3-6-4(2)5;1-2/h3H2,1-2H3;2H. The van der Waals surface area contributed by atoms with Crippen molar-refractivity contribution in [3.8, 4) is 0 Å². The van der Waals surface area contributed by atoms with E-state index in [-0.39, 0.29) is 5.97 Å². The Labute approximate surface area is 50.6 Å². The van der Waals surface area contributed by atoms with E-state index in [1.54, 1.807) is 16.0 Å². The second kappa shape index (κ2) is 9.76. The molecule has 0 aliphatic heterocycles. The van der Waals surface area contributed by atoms with Gasteiger partial charge in [0.15, 0.2) is 0 Å². The largest absolute Gasteiger partial charge is 0.466 e. The smallest absolute Gasteiger partial charge is 0.302 e. The minimum Gasteiger partial charge on any atom is -0.466 e. The molecule has 0 bridgehead atoms. The zero-order valence-electron chi connectivity index (χ0n) is 4.93. The lowest BCUT2D eigenvalue weighted by Gasteiger charge is -1.89. The second-order valence-electron chi connectivity index (χ2n) is 0.925. The molecule has 0 aliphatic rings.